The summed E-state index contributed by atoms with van der Waals surface area (Å²) in [6, 6.07) is 3.52. The van der Waals surface area contributed by atoms with Crippen molar-refractivity contribution >= 4 is 11.6 Å². The molecule has 1 aromatic rings. The molecule has 0 bridgehead atoms. The highest BCUT2D eigenvalue weighted by Crippen LogP contribution is 2.39. The van der Waals surface area contributed by atoms with Crippen LogP contribution in [0.3, 0.4) is 0 Å². The Labute approximate surface area is 152 Å². The van der Waals surface area contributed by atoms with Crippen molar-refractivity contribution in [1.29, 1.82) is 0 Å². The van der Waals surface area contributed by atoms with Crippen molar-refractivity contribution in [2.45, 2.75) is 57.7 Å². The van der Waals surface area contributed by atoms with Gasteiger partial charge in [-0.1, -0.05) is 20.3 Å². The molecule has 0 unspecified atom stereocenters. The van der Waals surface area contributed by atoms with Crippen molar-refractivity contribution in [1.82, 2.24) is 0 Å². The molecule has 2 atom stereocenters. The highest BCUT2D eigenvalue weighted by molar-refractivity contribution is 5.97. The van der Waals surface area contributed by atoms with Gasteiger partial charge in [0.15, 0.2) is 0 Å². The number of alkyl halides is 3. The summed E-state index contributed by atoms with van der Waals surface area (Å²) >= 11 is 0. The molecule has 1 aliphatic rings. The number of carbonyl (C=O) groups is 1. The first kappa shape index (κ1) is 20.6. The number of benzene rings is 1. The largest absolute Gasteiger partial charge is 0.496 e. The van der Waals surface area contributed by atoms with Gasteiger partial charge in [-0.15, -0.1) is 0 Å². The van der Waals surface area contributed by atoms with Gasteiger partial charge in [0.05, 0.1) is 12.7 Å². The Hall–Kier alpha value is -1.76. The molecule has 146 valence electrons. The van der Waals surface area contributed by atoms with Crippen LogP contribution >= 0.6 is 0 Å². The van der Waals surface area contributed by atoms with Crippen LogP contribution in [0.2, 0.25) is 0 Å². The van der Waals surface area contributed by atoms with Crippen LogP contribution in [0.15, 0.2) is 18.2 Å². The average molecular weight is 373 g/mol. The molecule has 7 heteroatoms. The highest BCUT2D eigenvalue weighted by Gasteiger charge is 2.43. The zero-order chi connectivity index (χ0) is 19.4. The summed E-state index contributed by atoms with van der Waals surface area (Å²) in [5.41, 5.74) is -1.81. The normalized spacial score (nSPS) is 23.5. The molecule has 0 saturated heterocycles. The Kier molecular flexibility index (Phi) is 6.55. The van der Waals surface area contributed by atoms with Gasteiger partial charge in [0.1, 0.15) is 11.4 Å². The second-order valence-electron chi connectivity index (χ2n) is 6.91. The van der Waals surface area contributed by atoms with Gasteiger partial charge in [-0.25, -0.2) is 0 Å². The van der Waals surface area contributed by atoms with Gasteiger partial charge < -0.3 is 14.8 Å². The van der Waals surface area contributed by atoms with Gasteiger partial charge in [-0.3, -0.25) is 4.79 Å². The van der Waals surface area contributed by atoms with Crippen molar-refractivity contribution < 1.29 is 27.4 Å². The summed E-state index contributed by atoms with van der Waals surface area (Å²) in [5.74, 6) is -0.331. The fourth-order valence-corrected chi connectivity index (χ4v) is 3.46. The van der Waals surface area contributed by atoms with E-state index < -0.39 is 17.3 Å². The van der Waals surface area contributed by atoms with E-state index in [1.54, 1.807) is 0 Å². The number of hydrogen-bond acceptors (Lipinski definition) is 3. The Bertz CT molecular complexity index is 633. The number of hydrogen-bond donors (Lipinski definition) is 1. The quantitative estimate of drug-likeness (QED) is 0.761. The van der Waals surface area contributed by atoms with Gasteiger partial charge in [0.2, 0.25) is 0 Å². The molecule has 1 aromatic carbocycles. The first-order valence-corrected chi connectivity index (χ1v) is 8.92. The number of anilines is 1. The van der Waals surface area contributed by atoms with Crippen molar-refractivity contribution in [3.63, 3.8) is 0 Å². The van der Waals surface area contributed by atoms with Gasteiger partial charge in [-0.2, -0.15) is 13.2 Å². The summed E-state index contributed by atoms with van der Waals surface area (Å²) in [6.07, 6.45) is -0.779. The lowest BCUT2D eigenvalue weighted by Crippen LogP contribution is -2.48. The third kappa shape index (κ3) is 4.69. The molecule has 1 N–H and O–H groups in total. The first-order chi connectivity index (χ1) is 12.2. The monoisotopic (exact) mass is 373 g/mol. The van der Waals surface area contributed by atoms with Gasteiger partial charge in [0.25, 0.3) is 5.91 Å². The maximum absolute atomic E-state index is 13.2. The first-order valence-electron chi connectivity index (χ1n) is 8.92. The highest BCUT2D eigenvalue weighted by atomic mass is 19.4. The van der Waals surface area contributed by atoms with Crippen LogP contribution in [-0.2, 0) is 15.7 Å². The van der Waals surface area contributed by atoms with Crippen molar-refractivity contribution in [3.8, 4) is 5.75 Å². The maximum atomic E-state index is 13.2. The van der Waals surface area contributed by atoms with Crippen LogP contribution in [0.1, 0.15) is 51.5 Å². The zero-order valence-corrected chi connectivity index (χ0v) is 15.4. The second kappa shape index (κ2) is 8.29. The molecule has 0 radical (unpaired) electrons. The number of carbonyl (C=O) groups excluding carboxylic acids is 1. The summed E-state index contributed by atoms with van der Waals surface area (Å²) in [4.78, 5) is 12.9. The van der Waals surface area contributed by atoms with Crippen LogP contribution in [0.5, 0.6) is 5.75 Å². The Balaban J connectivity index is 2.26. The summed E-state index contributed by atoms with van der Waals surface area (Å²) in [5, 5.41) is 2.63. The number of methoxy groups -OCH3 is 1. The summed E-state index contributed by atoms with van der Waals surface area (Å²) in [6.45, 7) is 4.46. The minimum absolute atomic E-state index is 0.0841. The molecule has 0 spiro atoms. The lowest BCUT2D eigenvalue weighted by Gasteiger charge is -2.38. The smallest absolute Gasteiger partial charge is 0.420 e. The van der Waals surface area contributed by atoms with Crippen LogP contribution < -0.4 is 10.1 Å². The third-order valence-electron chi connectivity index (χ3n) is 4.71. The number of nitrogens with one attached hydrogen (secondary N) is 1. The van der Waals surface area contributed by atoms with E-state index in [0.29, 0.717) is 25.4 Å². The Morgan fingerprint density at radius 1 is 1.38 bits per heavy atom. The number of rotatable bonds is 6. The molecule has 0 heterocycles. The van der Waals surface area contributed by atoms with Crippen LogP contribution in [0.25, 0.3) is 0 Å². The minimum atomic E-state index is -4.57. The molecule has 1 fully saturated rings. The van der Waals surface area contributed by atoms with E-state index in [1.807, 2.05) is 6.92 Å². The molecule has 1 amide bonds. The van der Waals surface area contributed by atoms with Crippen molar-refractivity contribution in [2.24, 2.45) is 5.92 Å². The molecule has 26 heavy (non-hydrogen) atoms. The standard InChI is InChI=1S/C19H26F3NO3/c1-4-10-26-18(9-5-6-13(2)12-18)17(24)23-14-7-8-16(25-3)15(11-14)19(20,21)22/h7-8,11,13H,4-6,9-10,12H2,1-3H3,(H,23,24)/t13-,18+/m1/s1. The predicted molar refractivity (Wildman–Crippen MR) is 93.2 cm³/mol. The van der Waals surface area contributed by atoms with Crippen molar-refractivity contribution in [2.75, 3.05) is 19.0 Å². The number of ether oxygens (including phenoxy) is 2. The Morgan fingerprint density at radius 3 is 2.69 bits per heavy atom. The number of halogens is 3. The summed E-state index contributed by atoms with van der Waals surface area (Å²) < 4.78 is 50.2. The molecule has 0 aromatic heterocycles. The summed E-state index contributed by atoms with van der Waals surface area (Å²) in [7, 11) is 1.18. The van der Waals surface area contributed by atoms with Gasteiger partial charge in [-0.05, 0) is 49.8 Å². The van der Waals surface area contributed by atoms with Crippen LogP contribution in [-0.4, -0.2) is 25.2 Å². The van der Waals surface area contributed by atoms with Crippen LogP contribution in [0, 0.1) is 5.92 Å². The van der Waals surface area contributed by atoms with E-state index in [2.05, 4.69) is 12.2 Å². The topological polar surface area (TPSA) is 47.6 Å². The van der Waals surface area contributed by atoms with E-state index >= 15 is 0 Å². The zero-order valence-electron chi connectivity index (χ0n) is 15.4. The third-order valence-corrected chi connectivity index (χ3v) is 4.71. The fourth-order valence-electron chi connectivity index (χ4n) is 3.46. The molecule has 0 aliphatic heterocycles. The van der Waals surface area contributed by atoms with E-state index in [4.69, 9.17) is 9.47 Å². The molecule has 1 aliphatic carbocycles. The van der Waals surface area contributed by atoms with E-state index in [9.17, 15) is 18.0 Å². The SMILES string of the molecule is CCCO[C@@]1(C(=O)Nc2ccc(OC)c(C(F)(F)F)c2)CCC[C@@H](C)C1. The lowest BCUT2D eigenvalue weighted by molar-refractivity contribution is -0.148. The van der Waals surface area contributed by atoms with Gasteiger partial charge >= 0.3 is 6.18 Å². The van der Waals surface area contributed by atoms with Crippen molar-refractivity contribution in [3.05, 3.63) is 23.8 Å². The van der Waals surface area contributed by atoms with E-state index in [-0.39, 0.29) is 17.3 Å². The lowest BCUT2D eigenvalue weighted by atomic mass is 9.78. The molecule has 4 nitrogen and oxygen atoms in total. The average Bonchev–Trinajstić information content (AvgIpc) is 2.59. The van der Waals surface area contributed by atoms with E-state index in [1.165, 1.54) is 19.2 Å². The van der Waals surface area contributed by atoms with E-state index in [0.717, 1.165) is 25.3 Å². The minimum Gasteiger partial charge on any atom is -0.496 e. The predicted octanol–water partition coefficient (Wildman–Crippen LogP) is 5.03. The molecule has 1 saturated carbocycles. The fraction of sp³-hybridized carbons (Fsp3) is 0.632. The number of amides is 1. The Morgan fingerprint density at radius 2 is 2.12 bits per heavy atom. The molecule has 2 rings (SSSR count). The van der Waals surface area contributed by atoms with Crippen LogP contribution in [0.4, 0.5) is 18.9 Å². The second-order valence-corrected chi connectivity index (χ2v) is 6.91. The molecular weight excluding hydrogens is 347 g/mol. The molecular formula is C19H26F3NO3. The van der Waals surface area contributed by atoms with Gasteiger partial charge in [0, 0.05) is 12.3 Å². The maximum Gasteiger partial charge on any atom is 0.420 e.